The molecule has 1 N–H and O–H groups in total. The summed E-state index contributed by atoms with van der Waals surface area (Å²) in [6.45, 7) is 0. The third-order valence-electron chi connectivity index (χ3n) is 4.06. The van der Waals surface area contributed by atoms with Crippen molar-refractivity contribution in [3.05, 3.63) is 93.1 Å². The summed E-state index contributed by atoms with van der Waals surface area (Å²) in [5.41, 5.74) is 2.59. The van der Waals surface area contributed by atoms with Crippen molar-refractivity contribution in [1.82, 2.24) is 5.32 Å². The van der Waals surface area contributed by atoms with Gasteiger partial charge >= 0.3 is 0 Å². The Hall–Kier alpha value is -2.34. The molecular weight excluding hydrogens is 413 g/mol. The predicted octanol–water partition coefficient (Wildman–Crippen LogP) is 4.92. The first-order valence-corrected chi connectivity index (χ1v) is 8.72. The Labute approximate surface area is 153 Å². The summed E-state index contributed by atoms with van der Waals surface area (Å²) in [5.74, 6) is 1.47. The van der Waals surface area contributed by atoms with Crippen LogP contribution < -0.4 is 10.1 Å². The van der Waals surface area contributed by atoms with Gasteiger partial charge in [0.05, 0.1) is 6.04 Å². The van der Waals surface area contributed by atoms with E-state index in [0.717, 1.165) is 26.2 Å². The molecule has 0 aliphatic carbocycles. The number of carbonyl (C=O) groups excluding carboxylic acids is 1. The molecule has 0 bridgehead atoms. The summed E-state index contributed by atoms with van der Waals surface area (Å²) in [6, 6.07) is 22.9. The molecule has 4 rings (SSSR count). The van der Waals surface area contributed by atoms with E-state index in [9.17, 15) is 4.79 Å². The molecule has 0 saturated heterocycles. The highest BCUT2D eigenvalue weighted by atomic mass is 127. The van der Waals surface area contributed by atoms with Gasteiger partial charge in [-0.25, -0.2) is 0 Å². The fraction of sp³-hybridized carbons (Fsp3) is 0.0500. The van der Waals surface area contributed by atoms with Crippen molar-refractivity contribution in [1.29, 1.82) is 0 Å². The summed E-state index contributed by atoms with van der Waals surface area (Å²) in [5, 5.41) is 3.15. The number of ether oxygens (including phenoxy) is 1. The normalized spacial score (nSPS) is 12.7. The minimum atomic E-state index is -0.224. The third kappa shape index (κ3) is 2.78. The van der Waals surface area contributed by atoms with Crippen molar-refractivity contribution in [2.45, 2.75) is 6.04 Å². The number of amides is 1. The second-order valence-corrected chi connectivity index (χ2v) is 6.84. The number of para-hydroxylation sites is 2. The van der Waals surface area contributed by atoms with Crippen LogP contribution in [0.2, 0.25) is 0 Å². The summed E-state index contributed by atoms with van der Waals surface area (Å²) in [7, 11) is 0. The lowest BCUT2D eigenvalue weighted by Gasteiger charge is -2.28. The van der Waals surface area contributed by atoms with Gasteiger partial charge in [0.2, 0.25) is 0 Å². The number of rotatable bonds is 2. The second kappa shape index (κ2) is 6.28. The van der Waals surface area contributed by atoms with Gasteiger partial charge in [0, 0.05) is 20.3 Å². The van der Waals surface area contributed by atoms with Gasteiger partial charge in [0.15, 0.2) is 0 Å². The zero-order chi connectivity index (χ0) is 16.5. The maximum atomic E-state index is 12.7. The van der Waals surface area contributed by atoms with Crippen LogP contribution in [0.1, 0.15) is 27.5 Å². The molecule has 3 aromatic rings. The molecule has 0 spiro atoms. The quantitative estimate of drug-likeness (QED) is 0.590. The zero-order valence-corrected chi connectivity index (χ0v) is 14.9. The van der Waals surface area contributed by atoms with Gasteiger partial charge in [0.25, 0.3) is 5.91 Å². The van der Waals surface area contributed by atoms with Crippen LogP contribution in [0.15, 0.2) is 72.8 Å². The molecule has 0 unspecified atom stereocenters. The third-order valence-corrected chi connectivity index (χ3v) is 4.78. The number of carbonyl (C=O) groups is 1. The van der Waals surface area contributed by atoms with E-state index in [1.165, 1.54) is 0 Å². The molecule has 24 heavy (non-hydrogen) atoms. The molecule has 4 heteroatoms. The Kier molecular flexibility index (Phi) is 3.98. The Morgan fingerprint density at radius 1 is 0.833 bits per heavy atom. The van der Waals surface area contributed by atoms with Crippen LogP contribution in [0.25, 0.3) is 0 Å². The first-order valence-electron chi connectivity index (χ1n) is 7.64. The van der Waals surface area contributed by atoms with E-state index in [4.69, 9.17) is 4.74 Å². The molecular formula is C20H14INO2. The van der Waals surface area contributed by atoms with E-state index in [0.29, 0.717) is 5.56 Å². The fourth-order valence-corrected chi connectivity index (χ4v) is 3.24. The van der Waals surface area contributed by atoms with Gasteiger partial charge in [-0.05, 0) is 59.0 Å². The van der Waals surface area contributed by atoms with Gasteiger partial charge in [-0.15, -0.1) is 0 Å². The molecule has 118 valence electrons. The highest BCUT2D eigenvalue weighted by Crippen LogP contribution is 2.42. The number of fused-ring (bicyclic) bond motifs is 2. The zero-order valence-electron chi connectivity index (χ0n) is 12.7. The average Bonchev–Trinajstić information content (AvgIpc) is 2.62. The molecule has 0 fully saturated rings. The maximum Gasteiger partial charge on any atom is 0.252 e. The SMILES string of the molecule is O=C(NC1c2ccccc2Oc2ccccc21)c1ccc(I)cc1. The van der Waals surface area contributed by atoms with E-state index >= 15 is 0 Å². The van der Waals surface area contributed by atoms with Crippen molar-refractivity contribution in [3.63, 3.8) is 0 Å². The Morgan fingerprint density at radius 2 is 1.38 bits per heavy atom. The van der Waals surface area contributed by atoms with Crippen LogP contribution in [0, 0.1) is 3.57 Å². The van der Waals surface area contributed by atoms with Crippen molar-refractivity contribution >= 4 is 28.5 Å². The monoisotopic (exact) mass is 427 g/mol. The van der Waals surface area contributed by atoms with Gasteiger partial charge in [-0.1, -0.05) is 36.4 Å². The Bertz CT molecular complexity index is 860. The van der Waals surface area contributed by atoms with Crippen LogP contribution in [0.4, 0.5) is 0 Å². The van der Waals surface area contributed by atoms with Crippen LogP contribution in [0.3, 0.4) is 0 Å². The van der Waals surface area contributed by atoms with E-state index in [1.807, 2.05) is 72.8 Å². The molecule has 3 nitrogen and oxygen atoms in total. The molecule has 0 aromatic heterocycles. The molecule has 1 aliphatic heterocycles. The highest BCUT2D eigenvalue weighted by Gasteiger charge is 2.28. The van der Waals surface area contributed by atoms with Crippen LogP contribution >= 0.6 is 22.6 Å². The molecule has 0 atom stereocenters. The van der Waals surface area contributed by atoms with Gasteiger partial charge < -0.3 is 10.1 Å². The molecule has 3 aromatic carbocycles. The number of hydrogen-bond acceptors (Lipinski definition) is 2. The standard InChI is InChI=1S/C20H14INO2/c21-14-11-9-13(10-12-14)20(23)22-19-15-5-1-3-7-17(15)24-18-8-4-2-6-16(18)19/h1-12,19H,(H,22,23). The maximum absolute atomic E-state index is 12.7. The van der Waals surface area contributed by atoms with Crippen molar-refractivity contribution in [2.24, 2.45) is 0 Å². The van der Waals surface area contributed by atoms with E-state index < -0.39 is 0 Å². The Balaban J connectivity index is 1.72. The lowest BCUT2D eigenvalue weighted by Crippen LogP contribution is -2.31. The van der Waals surface area contributed by atoms with Crippen molar-refractivity contribution < 1.29 is 9.53 Å². The van der Waals surface area contributed by atoms with Crippen LogP contribution in [-0.2, 0) is 0 Å². The highest BCUT2D eigenvalue weighted by molar-refractivity contribution is 14.1. The minimum Gasteiger partial charge on any atom is -0.457 e. The lowest BCUT2D eigenvalue weighted by atomic mass is 9.94. The number of halogens is 1. The van der Waals surface area contributed by atoms with Gasteiger partial charge in [0.1, 0.15) is 11.5 Å². The molecule has 1 amide bonds. The molecule has 0 saturated carbocycles. The number of hydrogen-bond donors (Lipinski definition) is 1. The fourth-order valence-electron chi connectivity index (χ4n) is 2.88. The predicted molar refractivity (Wildman–Crippen MR) is 101 cm³/mol. The first-order chi connectivity index (χ1) is 11.7. The summed E-state index contributed by atoms with van der Waals surface area (Å²) < 4.78 is 7.06. The first kappa shape index (κ1) is 15.2. The number of benzene rings is 3. The van der Waals surface area contributed by atoms with E-state index in [-0.39, 0.29) is 11.9 Å². The average molecular weight is 427 g/mol. The lowest BCUT2D eigenvalue weighted by molar-refractivity contribution is 0.0941. The van der Waals surface area contributed by atoms with Crippen molar-refractivity contribution in [2.75, 3.05) is 0 Å². The number of nitrogens with one attached hydrogen (secondary N) is 1. The second-order valence-electron chi connectivity index (χ2n) is 5.59. The minimum absolute atomic E-state index is 0.0945. The summed E-state index contributed by atoms with van der Waals surface area (Å²) in [4.78, 5) is 12.7. The summed E-state index contributed by atoms with van der Waals surface area (Å²) in [6.07, 6.45) is 0. The molecule has 0 radical (unpaired) electrons. The van der Waals surface area contributed by atoms with Gasteiger partial charge in [-0.3, -0.25) is 4.79 Å². The van der Waals surface area contributed by atoms with Crippen LogP contribution in [-0.4, -0.2) is 5.91 Å². The van der Waals surface area contributed by atoms with E-state index in [1.54, 1.807) is 0 Å². The molecule has 1 heterocycles. The topological polar surface area (TPSA) is 38.3 Å². The largest absolute Gasteiger partial charge is 0.457 e. The van der Waals surface area contributed by atoms with Gasteiger partial charge in [-0.2, -0.15) is 0 Å². The van der Waals surface area contributed by atoms with Crippen molar-refractivity contribution in [3.8, 4) is 11.5 Å². The molecule has 1 aliphatic rings. The van der Waals surface area contributed by atoms with E-state index in [2.05, 4.69) is 27.9 Å². The van der Waals surface area contributed by atoms with Crippen LogP contribution in [0.5, 0.6) is 11.5 Å². The Morgan fingerprint density at radius 3 is 1.96 bits per heavy atom. The summed E-state index contributed by atoms with van der Waals surface area (Å²) >= 11 is 2.23. The smallest absolute Gasteiger partial charge is 0.252 e.